The van der Waals surface area contributed by atoms with Crippen LogP contribution in [0, 0.1) is 11.8 Å². The fraction of sp³-hybridized carbons (Fsp3) is 0.595. The maximum atomic E-state index is 13.9. The minimum absolute atomic E-state index is 0.0519. The second kappa shape index (κ2) is 25.8. The third kappa shape index (κ3) is 18.1. The Hall–Kier alpha value is -6.59. The first-order valence-electron chi connectivity index (χ1n) is 19.9. The number of aromatic nitrogens is 4. The highest BCUT2D eigenvalue weighted by atomic mass is 16.4. The first-order valence-corrected chi connectivity index (χ1v) is 19.9. The predicted molar refractivity (Wildman–Crippen MR) is 220 cm³/mol. The Bertz CT molecular complexity index is 1780. The highest BCUT2D eigenvalue weighted by Gasteiger charge is 2.33. The van der Waals surface area contributed by atoms with Crippen LogP contribution in [0.25, 0.3) is 0 Å². The Balaban J connectivity index is 2.25. The number of aliphatic imine (C=N–C) groups is 1. The van der Waals surface area contributed by atoms with Crippen LogP contribution in [0.5, 0.6) is 0 Å². The van der Waals surface area contributed by atoms with Crippen molar-refractivity contribution in [2.24, 2.45) is 39.8 Å². The van der Waals surface area contributed by atoms with Gasteiger partial charge in [-0.2, -0.15) is 0 Å². The molecule has 0 spiro atoms. The van der Waals surface area contributed by atoms with E-state index in [9.17, 15) is 43.5 Å². The van der Waals surface area contributed by atoms with E-state index < -0.39 is 96.0 Å². The molecular formula is C37H61N15O9. The number of aliphatic carboxylic acids is 1. The Kier molecular flexibility index (Phi) is 21.4. The molecule has 0 aliphatic heterocycles. The number of nitrogens with zero attached hydrogens (tertiary/aromatic N) is 3. The summed E-state index contributed by atoms with van der Waals surface area (Å²) < 4.78 is 0. The van der Waals surface area contributed by atoms with Gasteiger partial charge in [-0.1, -0.05) is 40.5 Å². The lowest BCUT2D eigenvalue weighted by Crippen LogP contribution is -2.59. The number of carboxylic acid groups (broad SMARTS) is 1. The summed E-state index contributed by atoms with van der Waals surface area (Å²) in [5.41, 5.74) is 23.3. The van der Waals surface area contributed by atoms with Crippen LogP contribution in [0.1, 0.15) is 77.6 Å². The largest absolute Gasteiger partial charge is 0.480 e. The molecular weight excluding hydrogens is 799 g/mol. The molecule has 0 aliphatic carbocycles. The standard InChI is InChI=1S/C37H61N15O9/c1-5-19(3)29(39)34(58)50-25(12-21-14-42-17-46-21)33(57)48-23(8-7-11-44-37(40)41)32(56)49-24(9-10-27(38)53)31(55)45-16-28(54)52-30(20(4)6-2)35(59)51-26(36(60)61)13-22-15-43-18-47-22/h14-15,17-20,23-26,29-30H,5-13,16,39H2,1-4H3,(H2,38,53)(H,42,46)(H,43,47)(H,45,55)(H,48,57)(H,49,56)(H,50,58)(H,51,59)(H,52,54)(H,60,61)(H4,40,41,44)/t19-,20-,23-,24-,25-,26-,29-,30-/m0/s1. The lowest BCUT2D eigenvalue weighted by Gasteiger charge is -2.27. The number of H-pyrrole nitrogens is 2. The summed E-state index contributed by atoms with van der Waals surface area (Å²) in [6, 6.07) is -7.50. The molecule has 2 aromatic heterocycles. The van der Waals surface area contributed by atoms with E-state index in [1.165, 1.54) is 25.0 Å². The molecule has 0 radical (unpaired) electrons. The van der Waals surface area contributed by atoms with Crippen molar-refractivity contribution in [2.75, 3.05) is 13.1 Å². The van der Waals surface area contributed by atoms with Crippen LogP contribution < -0.4 is 54.8 Å². The number of carbonyl (C=O) groups is 8. The lowest BCUT2D eigenvalue weighted by molar-refractivity contribution is -0.142. The van der Waals surface area contributed by atoms with Crippen LogP contribution in [-0.4, -0.2) is 128 Å². The Morgan fingerprint density at radius 2 is 1.23 bits per heavy atom. The highest BCUT2D eigenvalue weighted by molar-refractivity contribution is 5.96. The number of amides is 7. The molecule has 0 saturated heterocycles. The van der Waals surface area contributed by atoms with Crippen molar-refractivity contribution in [1.29, 1.82) is 0 Å². The summed E-state index contributed by atoms with van der Waals surface area (Å²) >= 11 is 0. The average Bonchev–Trinajstić information content (AvgIpc) is 3.94. The second-order valence-electron chi connectivity index (χ2n) is 14.7. The average molecular weight is 860 g/mol. The van der Waals surface area contributed by atoms with E-state index in [0.29, 0.717) is 24.2 Å². The number of nitrogens with one attached hydrogen (secondary N) is 8. The van der Waals surface area contributed by atoms with Gasteiger partial charge in [-0.15, -0.1) is 0 Å². The molecule has 0 bridgehead atoms. The van der Waals surface area contributed by atoms with E-state index in [1.54, 1.807) is 20.8 Å². The summed E-state index contributed by atoms with van der Waals surface area (Å²) in [5, 5.41) is 24.8. The van der Waals surface area contributed by atoms with Crippen molar-refractivity contribution in [2.45, 2.75) is 115 Å². The first-order chi connectivity index (χ1) is 28.9. The lowest BCUT2D eigenvalue weighted by atomic mass is 9.97. The number of guanidine groups is 1. The van der Waals surface area contributed by atoms with Crippen LogP contribution in [-0.2, 0) is 51.2 Å². The first kappa shape index (κ1) is 50.6. The van der Waals surface area contributed by atoms with Crippen molar-refractivity contribution in [3.8, 4) is 0 Å². The zero-order valence-electron chi connectivity index (χ0n) is 34.9. The topological polar surface area (TPSA) is 403 Å². The second-order valence-corrected chi connectivity index (χ2v) is 14.7. The normalized spacial score (nSPS) is 14.9. The number of hydrogen-bond acceptors (Lipinski definition) is 12. The smallest absolute Gasteiger partial charge is 0.326 e. The van der Waals surface area contributed by atoms with E-state index in [-0.39, 0.29) is 56.9 Å². The monoisotopic (exact) mass is 859 g/mol. The molecule has 0 aromatic carbocycles. The fourth-order valence-corrected chi connectivity index (χ4v) is 5.77. The third-order valence-electron chi connectivity index (χ3n) is 9.89. The summed E-state index contributed by atoms with van der Waals surface area (Å²) in [6.07, 6.45) is 5.93. The predicted octanol–water partition coefficient (Wildman–Crippen LogP) is -3.72. The Labute approximate surface area is 352 Å². The molecule has 61 heavy (non-hydrogen) atoms. The van der Waals surface area contributed by atoms with Crippen molar-refractivity contribution < 1.29 is 43.5 Å². The maximum absolute atomic E-state index is 13.9. The minimum Gasteiger partial charge on any atom is -0.480 e. The Morgan fingerprint density at radius 3 is 1.74 bits per heavy atom. The van der Waals surface area contributed by atoms with Crippen molar-refractivity contribution in [1.82, 2.24) is 51.8 Å². The minimum atomic E-state index is -1.45. The number of primary amides is 1. The number of hydrogen-bond donors (Lipinski definition) is 13. The number of nitrogens with two attached hydrogens (primary N) is 4. The van der Waals surface area contributed by atoms with Crippen LogP contribution >= 0.6 is 0 Å². The van der Waals surface area contributed by atoms with Gasteiger partial charge in [0, 0.05) is 49.6 Å². The molecule has 0 saturated carbocycles. The van der Waals surface area contributed by atoms with Gasteiger partial charge in [-0.3, -0.25) is 38.6 Å². The van der Waals surface area contributed by atoms with E-state index in [2.05, 4.69) is 56.8 Å². The molecule has 8 atom stereocenters. The molecule has 7 amide bonds. The quantitative estimate of drug-likeness (QED) is 0.0222. The van der Waals surface area contributed by atoms with Gasteiger partial charge in [-0.05, 0) is 31.1 Å². The molecule has 24 nitrogen and oxygen atoms in total. The summed E-state index contributed by atoms with van der Waals surface area (Å²) in [6.45, 7) is 6.46. The van der Waals surface area contributed by atoms with E-state index >= 15 is 0 Å². The molecule has 338 valence electrons. The van der Waals surface area contributed by atoms with Gasteiger partial charge >= 0.3 is 5.97 Å². The van der Waals surface area contributed by atoms with Crippen LogP contribution in [0.3, 0.4) is 0 Å². The number of carbonyl (C=O) groups excluding carboxylic acids is 7. The van der Waals surface area contributed by atoms with Gasteiger partial charge in [0.2, 0.25) is 41.4 Å². The Morgan fingerprint density at radius 1 is 0.705 bits per heavy atom. The number of aromatic amines is 2. The molecule has 0 unspecified atom stereocenters. The zero-order chi connectivity index (χ0) is 45.6. The van der Waals surface area contributed by atoms with Gasteiger partial charge in [0.15, 0.2) is 5.96 Å². The molecule has 2 heterocycles. The van der Waals surface area contributed by atoms with Gasteiger partial charge in [0.05, 0.1) is 25.2 Å². The number of carboxylic acids is 1. The number of rotatable bonds is 28. The fourth-order valence-electron chi connectivity index (χ4n) is 5.77. The molecule has 2 aromatic rings. The van der Waals surface area contributed by atoms with Gasteiger partial charge in [0.1, 0.15) is 30.2 Å². The van der Waals surface area contributed by atoms with Gasteiger partial charge in [0.25, 0.3) is 0 Å². The summed E-state index contributed by atoms with van der Waals surface area (Å²) in [4.78, 5) is 122. The molecule has 17 N–H and O–H groups in total. The molecule has 0 aliphatic rings. The zero-order valence-corrected chi connectivity index (χ0v) is 34.9. The van der Waals surface area contributed by atoms with Crippen molar-refractivity contribution in [3.05, 3.63) is 36.4 Å². The third-order valence-corrected chi connectivity index (χ3v) is 9.89. The highest BCUT2D eigenvalue weighted by Crippen LogP contribution is 2.11. The van der Waals surface area contributed by atoms with Gasteiger partial charge < -0.3 is 69.9 Å². The summed E-state index contributed by atoms with van der Waals surface area (Å²) in [7, 11) is 0. The van der Waals surface area contributed by atoms with Crippen molar-refractivity contribution >= 4 is 53.3 Å². The summed E-state index contributed by atoms with van der Waals surface area (Å²) in [5.74, 6) is -7.73. The van der Waals surface area contributed by atoms with Gasteiger partial charge in [-0.25, -0.2) is 14.8 Å². The van der Waals surface area contributed by atoms with Crippen molar-refractivity contribution in [3.63, 3.8) is 0 Å². The van der Waals surface area contributed by atoms with E-state index in [0.717, 1.165) is 0 Å². The van der Waals surface area contributed by atoms with Crippen LogP contribution in [0.2, 0.25) is 0 Å². The van der Waals surface area contributed by atoms with Crippen LogP contribution in [0.4, 0.5) is 0 Å². The molecule has 24 heteroatoms. The maximum Gasteiger partial charge on any atom is 0.326 e. The number of imidazole rings is 2. The molecule has 0 fully saturated rings. The van der Waals surface area contributed by atoms with E-state index in [1.807, 2.05) is 6.92 Å². The van der Waals surface area contributed by atoms with Crippen LogP contribution in [0.15, 0.2) is 30.0 Å². The molecule has 2 rings (SSSR count). The van der Waals surface area contributed by atoms with E-state index in [4.69, 9.17) is 22.9 Å². The SMILES string of the molecule is CC[C@H](C)[C@H](N)C(=O)N[C@@H](Cc1cnc[nH]1)C(=O)N[C@@H](CCCN=C(N)N)C(=O)N[C@@H](CCC(N)=O)C(=O)NCC(=O)N[C@H](C(=O)N[C@@H](Cc1cnc[nH]1)C(=O)O)[C@@H](C)CC.